The Bertz CT molecular complexity index is 1100. The van der Waals surface area contributed by atoms with Gasteiger partial charge in [-0.15, -0.1) is 0 Å². The summed E-state index contributed by atoms with van der Waals surface area (Å²) in [4.78, 5) is 27.5. The number of furan rings is 1. The smallest absolute Gasteiger partial charge is 0.313 e. The van der Waals surface area contributed by atoms with Crippen molar-refractivity contribution in [2.75, 3.05) is 18.4 Å². The van der Waals surface area contributed by atoms with Gasteiger partial charge < -0.3 is 15.1 Å². The third-order valence-corrected chi connectivity index (χ3v) is 6.05. The van der Waals surface area contributed by atoms with Gasteiger partial charge in [0.1, 0.15) is 5.76 Å². The molecule has 0 radical (unpaired) electrons. The Balaban J connectivity index is 1.44. The van der Waals surface area contributed by atoms with Crippen LogP contribution in [-0.2, 0) is 22.6 Å². The maximum atomic E-state index is 12.6. The lowest BCUT2D eigenvalue weighted by molar-refractivity contribution is -0.136. The number of carbonyl (C=O) groups is 2. The highest BCUT2D eigenvalue weighted by Gasteiger charge is 2.28. The van der Waals surface area contributed by atoms with E-state index in [1.54, 1.807) is 6.26 Å². The highest BCUT2D eigenvalue weighted by atomic mass is 16.3. The zero-order chi connectivity index (χ0) is 22.7. The molecular weight excluding hydrogens is 402 g/mol. The summed E-state index contributed by atoms with van der Waals surface area (Å²) in [5, 5.41) is 5.58. The molecule has 2 heterocycles. The van der Waals surface area contributed by atoms with Crippen molar-refractivity contribution in [1.29, 1.82) is 0 Å². The third kappa shape index (κ3) is 4.75. The van der Waals surface area contributed by atoms with E-state index in [0.717, 1.165) is 42.0 Å². The van der Waals surface area contributed by atoms with Gasteiger partial charge in [-0.2, -0.15) is 0 Å². The van der Waals surface area contributed by atoms with E-state index in [1.165, 1.54) is 11.1 Å². The predicted molar refractivity (Wildman–Crippen MR) is 124 cm³/mol. The average molecular weight is 432 g/mol. The Morgan fingerprint density at radius 1 is 1.00 bits per heavy atom. The van der Waals surface area contributed by atoms with Crippen molar-refractivity contribution in [1.82, 2.24) is 10.2 Å². The summed E-state index contributed by atoms with van der Waals surface area (Å²) in [6.07, 6.45) is 2.57. The molecule has 1 aliphatic heterocycles. The Hall–Kier alpha value is -3.38. The second kappa shape index (κ2) is 9.40. The first kappa shape index (κ1) is 21.8. The zero-order valence-electron chi connectivity index (χ0n) is 18.8. The predicted octanol–water partition coefficient (Wildman–Crippen LogP) is 4.06. The van der Waals surface area contributed by atoms with Crippen molar-refractivity contribution in [2.24, 2.45) is 0 Å². The number of benzene rings is 2. The molecule has 0 bridgehead atoms. The highest BCUT2D eigenvalue weighted by Crippen LogP contribution is 2.28. The highest BCUT2D eigenvalue weighted by molar-refractivity contribution is 6.39. The van der Waals surface area contributed by atoms with Crippen molar-refractivity contribution in [2.45, 2.75) is 39.8 Å². The molecule has 1 aromatic heterocycles. The number of carbonyl (C=O) groups excluding carboxylic acids is 2. The van der Waals surface area contributed by atoms with Crippen LogP contribution < -0.4 is 10.6 Å². The van der Waals surface area contributed by atoms with Crippen molar-refractivity contribution < 1.29 is 14.0 Å². The summed E-state index contributed by atoms with van der Waals surface area (Å²) >= 11 is 0. The minimum absolute atomic E-state index is 0.155. The van der Waals surface area contributed by atoms with E-state index < -0.39 is 11.8 Å². The fraction of sp³-hybridized carbons (Fsp3) is 0.308. The van der Waals surface area contributed by atoms with Gasteiger partial charge in [-0.25, -0.2) is 0 Å². The normalized spacial score (nSPS) is 14.5. The van der Waals surface area contributed by atoms with Crippen LogP contribution in [0.3, 0.4) is 0 Å². The van der Waals surface area contributed by atoms with Crippen molar-refractivity contribution in [3.63, 3.8) is 0 Å². The molecule has 0 saturated heterocycles. The van der Waals surface area contributed by atoms with Gasteiger partial charge in [0.15, 0.2) is 0 Å². The van der Waals surface area contributed by atoms with E-state index in [4.69, 9.17) is 4.42 Å². The van der Waals surface area contributed by atoms with Gasteiger partial charge >= 0.3 is 11.8 Å². The molecule has 0 fully saturated rings. The topological polar surface area (TPSA) is 74.6 Å². The molecule has 4 rings (SSSR count). The minimum Gasteiger partial charge on any atom is -0.468 e. The van der Waals surface area contributed by atoms with Crippen LogP contribution in [0.25, 0.3) is 0 Å². The van der Waals surface area contributed by atoms with Gasteiger partial charge in [0.25, 0.3) is 0 Å². The molecule has 32 heavy (non-hydrogen) atoms. The van der Waals surface area contributed by atoms with Crippen molar-refractivity contribution in [3.8, 4) is 0 Å². The molecule has 1 atom stereocenters. The Kier molecular flexibility index (Phi) is 6.42. The van der Waals surface area contributed by atoms with Crippen LogP contribution in [0.15, 0.2) is 59.2 Å². The molecule has 2 amide bonds. The van der Waals surface area contributed by atoms with Crippen molar-refractivity contribution >= 4 is 17.5 Å². The van der Waals surface area contributed by atoms with Gasteiger partial charge in [0.05, 0.1) is 12.3 Å². The van der Waals surface area contributed by atoms with Crippen LogP contribution in [0, 0.1) is 20.8 Å². The average Bonchev–Trinajstić information content (AvgIpc) is 3.30. The van der Waals surface area contributed by atoms with Gasteiger partial charge in [-0.1, -0.05) is 42.0 Å². The fourth-order valence-corrected chi connectivity index (χ4v) is 4.49. The minimum atomic E-state index is -0.665. The summed E-state index contributed by atoms with van der Waals surface area (Å²) in [6.45, 7) is 7.76. The number of fused-ring (bicyclic) bond motifs is 1. The number of hydrogen-bond donors (Lipinski definition) is 2. The van der Waals surface area contributed by atoms with Crippen molar-refractivity contribution in [3.05, 3.63) is 88.4 Å². The Labute approximate surface area is 188 Å². The van der Waals surface area contributed by atoms with Gasteiger partial charge in [-0.3, -0.25) is 14.5 Å². The monoisotopic (exact) mass is 431 g/mol. The molecule has 166 valence electrons. The molecule has 0 aliphatic carbocycles. The van der Waals surface area contributed by atoms with Crippen LogP contribution in [0.2, 0.25) is 0 Å². The largest absolute Gasteiger partial charge is 0.468 e. The van der Waals surface area contributed by atoms with E-state index in [-0.39, 0.29) is 12.6 Å². The number of hydrogen-bond acceptors (Lipinski definition) is 4. The van der Waals surface area contributed by atoms with Crippen LogP contribution in [-0.4, -0.2) is 29.8 Å². The molecular formula is C26H29N3O3. The molecule has 0 saturated carbocycles. The SMILES string of the molecule is Cc1cc(C)c(NC(=O)C(=O)NC[C@H](c2ccco2)N2CCc3ccccc3C2)c(C)c1. The number of aryl methyl sites for hydroxylation is 3. The molecule has 2 aromatic carbocycles. The summed E-state index contributed by atoms with van der Waals surface area (Å²) in [5.74, 6) is -0.545. The number of anilines is 1. The number of amides is 2. The quantitative estimate of drug-likeness (QED) is 0.598. The zero-order valence-corrected chi connectivity index (χ0v) is 18.8. The molecule has 1 aliphatic rings. The van der Waals surface area contributed by atoms with E-state index in [9.17, 15) is 9.59 Å². The van der Waals surface area contributed by atoms with E-state index >= 15 is 0 Å². The standard InChI is InChI=1S/C26H29N3O3/c1-17-13-18(2)24(19(3)14-17)28-26(31)25(30)27-15-22(23-9-6-12-32-23)29-11-10-20-7-4-5-8-21(20)16-29/h4-9,12-14,22H,10-11,15-16H2,1-3H3,(H,27,30)(H,28,31)/t22-/m1/s1. The lowest BCUT2D eigenvalue weighted by Gasteiger charge is -2.34. The number of nitrogens with one attached hydrogen (secondary N) is 2. The molecule has 0 spiro atoms. The lowest BCUT2D eigenvalue weighted by atomic mass is 9.98. The summed E-state index contributed by atoms with van der Waals surface area (Å²) in [7, 11) is 0. The van der Waals surface area contributed by atoms with Gasteiger partial charge in [-0.05, 0) is 61.6 Å². The summed E-state index contributed by atoms with van der Waals surface area (Å²) in [6, 6.07) is 16.0. The van der Waals surface area contributed by atoms with Crippen LogP contribution in [0.1, 0.15) is 39.6 Å². The first-order valence-electron chi connectivity index (χ1n) is 10.9. The molecule has 2 N–H and O–H groups in total. The maximum Gasteiger partial charge on any atom is 0.313 e. The first-order chi connectivity index (χ1) is 15.4. The molecule has 6 heteroatoms. The second-order valence-electron chi connectivity index (χ2n) is 8.46. The third-order valence-electron chi connectivity index (χ3n) is 6.05. The van der Waals surface area contributed by atoms with E-state index in [0.29, 0.717) is 5.69 Å². The van der Waals surface area contributed by atoms with Crippen LogP contribution >= 0.6 is 0 Å². The molecule has 6 nitrogen and oxygen atoms in total. The molecule has 3 aromatic rings. The first-order valence-corrected chi connectivity index (χ1v) is 10.9. The maximum absolute atomic E-state index is 12.6. The van der Waals surface area contributed by atoms with E-state index in [2.05, 4.69) is 33.7 Å². The second-order valence-corrected chi connectivity index (χ2v) is 8.46. The number of rotatable bonds is 5. The fourth-order valence-electron chi connectivity index (χ4n) is 4.49. The number of nitrogens with zero attached hydrogens (tertiary/aromatic N) is 1. The van der Waals surface area contributed by atoms with Crippen LogP contribution in [0.4, 0.5) is 5.69 Å². The van der Waals surface area contributed by atoms with Crippen LogP contribution in [0.5, 0.6) is 0 Å². The van der Waals surface area contributed by atoms with Gasteiger partial charge in [0, 0.05) is 25.3 Å². The lowest BCUT2D eigenvalue weighted by Crippen LogP contribution is -2.43. The Morgan fingerprint density at radius 2 is 1.72 bits per heavy atom. The van der Waals surface area contributed by atoms with Gasteiger partial charge in [0.2, 0.25) is 0 Å². The Morgan fingerprint density at radius 3 is 2.41 bits per heavy atom. The molecule has 0 unspecified atom stereocenters. The van der Waals surface area contributed by atoms with E-state index in [1.807, 2.05) is 51.1 Å². The summed E-state index contributed by atoms with van der Waals surface area (Å²) in [5.41, 5.74) is 6.31. The summed E-state index contributed by atoms with van der Waals surface area (Å²) < 4.78 is 5.67.